The largest absolute Gasteiger partial charge is 1.00 e. The molecule has 0 aliphatic heterocycles. The number of rotatable bonds is 2. The summed E-state index contributed by atoms with van der Waals surface area (Å²) in [6.07, 6.45) is 1.89. The van der Waals surface area contributed by atoms with Crippen LogP contribution in [0.4, 0.5) is 0 Å². The SMILES string of the molecule is CO[n+]1ccccc1-c1ccccc1.[Cl-]. The van der Waals surface area contributed by atoms with Crippen molar-refractivity contribution in [1.29, 1.82) is 0 Å². The van der Waals surface area contributed by atoms with Crippen molar-refractivity contribution >= 4 is 0 Å². The zero-order valence-corrected chi connectivity index (χ0v) is 9.19. The van der Waals surface area contributed by atoms with E-state index in [-0.39, 0.29) is 12.4 Å². The lowest BCUT2D eigenvalue weighted by Crippen LogP contribution is -3.00. The third-order valence-electron chi connectivity index (χ3n) is 2.09. The monoisotopic (exact) mass is 221 g/mol. The quantitative estimate of drug-likeness (QED) is 0.575. The lowest BCUT2D eigenvalue weighted by molar-refractivity contribution is -0.876. The van der Waals surface area contributed by atoms with Crippen LogP contribution in [-0.2, 0) is 0 Å². The molecule has 1 aromatic carbocycles. The smallest absolute Gasteiger partial charge is 0.264 e. The predicted octanol–water partition coefficient (Wildman–Crippen LogP) is -1.30. The van der Waals surface area contributed by atoms with Crippen molar-refractivity contribution in [2.24, 2.45) is 0 Å². The topological polar surface area (TPSA) is 13.1 Å². The van der Waals surface area contributed by atoms with E-state index in [0.717, 1.165) is 11.3 Å². The van der Waals surface area contributed by atoms with Gasteiger partial charge in [0.05, 0.1) is 5.56 Å². The van der Waals surface area contributed by atoms with Crippen molar-refractivity contribution in [3.05, 3.63) is 54.7 Å². The van der Waals surface area contributed by atoms with Gasteiger partial charge in [-0.25, -0.2) is 0 Å². The van der Waals surface area contributed by atoms with E-state index < -0.39 is 0 Å². The number of benzene rings is 1. The van der Waals surface area contributed by atoms with E-state index in [9.17, 15) is 0 Å². The van der Waals surface area contributed by atoms with Gasteiger partial charge in [-0.3, -0.25) is 4.84 Å². The molecule has 3 heteroatoms. The van der Waals surface area contributed by atoms with Crippen molar-refractivity contribution in [2.45, 2.75) is 0 Å². The first kappa shape index (κ1) is 11.5. The molecular formula is C12H12ClNO. The van der Waals surface area contributed by atoms with Crippen molar-refractivity contribution in [3.8, 4) is 11.3 Å². The Bertz CT molecular complexity index is 417. The second kappa shape index (κ2) is 5.37. The minimum absolute atomic E-state index is 0. The van der Waals surface area contributed by atoms with Gasteiger partial charge in [-0.05, 0) is 18.2 Å². The molecule has 0 N–H and O–H groups in total. The molecule has 78 valence electrons. The highest BCUT2D eigenvalue weighted by atomic mass is 35.5. The molecule has 0 aliphatic carbocycles. The van der Waals surface area contributed by atoms with Crippen molar-refractivity contribution < 1.29 is 22.0 Å². The third-order valence-corrected chi connectivity index (χ3v) is 2.09. The second-order valence-corrected chi connectivity index (χ2v) is 2.96. The highest BCUT2D eigenvalue weighted by molar-refractivity contribution is 5.55. The molecule has 15 heavy (non-hydrogen) atoms. The maximum absolute atomic E-state index is 5.22. The summed E-state index contributed by atoms with van der Waals surface area (Å²) >= 11 is 0. The zero-order chi connectivity index (χ0) is 9.80. The molecule has 0 saturated heterocycles. The van der Waals surface area contributed by atoms with Crippen LogP contribution in [0.15, 0.2) is 54.7 Å². The molecular weight excluding hydrogens is 210 g/mol. The number of aromatic nitrogens is 1. The molecule has 1 aromatic heterocycles. The summed E-state index contributed by atoms with van der Waals surface area (Å²) in [6.45, 7) is 0. The molecule has 2 rings (SSSR count). The first-order valence-corrected chi connectivity index (χ1v) is 4.52. The van der Waals surface area contributed by atoms with Gasteiger partial charge in [0.2, 0.25) is 6.20 Å². The summed E-state index contributed by atoms with van der Waals surface area (Å²) in [4.78, 5) is 5.22. The summed E-state index contributed by atoms with van der Waals surface area (Å²) in [5.74, 6) is 0. The van der Waals surface area contributed by atoms with Crippen LogP contribution in [0.5, 0.6) is 0 Å². The highest BCUT2D eigenvalue weighted by Gasteiger charge is 2.11. The van der Waals surface area contributed by atoms with E-state index in [2.05, 4.69) is 12.1 Å². The van der Waals surface area contributed by atoms with Crippen LogP contribution in [0.2, 0.25) is 0 Å². The molecule has 0 bridgehead atoms. The Balaban J connectivity index is 0.00000112. The standard InChI is InChI=1S/C12H12NO.ClH/c1-14-13-10-6-5-9-12(13)11-7-3-2-4-8-11;/h2-10H,1H3;1H/q+1;/p-1. The molecule has 2 nitrogen and oxygen atoms in total. The molecule has 1 heterocycles. The lowest BCUT2D eigenvalue weighted by atomic mass is 10.1. The fourth-order valence-corrected chi connectivity index (χ4v) is 1.42. The number of hydrogen-bond donors (Lipinski definition) is 0. The summed E-state index contributed by atoms with van der Waals surface area (Å²) < 4.78 is 1.75. The summed E-state index contributed by atoms with van der Waals surface area (Å²) in [6, 6.07) is 16.1. The molecule has 2 aromatic rings. The normalized spacial score (nSPS) is 9.13. The summed E-state index contributed by atoms with van der Waals surface area (Å²) in [5, 5.41) is 0. The van der Waals surface area contributed by atoms with Gasteiger partial charge in [0.15, 0.2) is 0 Å². The van der Waals surface area contributed by atoms with E-state index in [1.54, 1.807) is 11.8 Å². The molecule has 0 atom stereocenters. The molecule has 0 saturated carbocycles. The average molecular weight is 222 g/mol. The van der Waals surface area contributed by atoms with Gasteiger partial charge in [-0.15, -0.1) is 0 Å². The maximum Gasteiger partial charge on any atom is 0.264 e. The molecule has 0 amide bonds. The fourth-order valence-electron chi connectivity index (χ4n) is 1.42. The Morgan fingerprint density at radius 1 is 0.933 bits per heavy atom. The first-order chi connectivity index (χ1) is 6.92. The van der Waals surface area contributed by atoms with E-state index in [4.69, 9.17) is 4.84 Å². The van der Waals surface area contributed by atoms with Gasteiger partial charge >= 0.3 is 0 Å². The number of nitrogens with zero attached hydrogens (tertiary/aromatic N) is 1. The van der Waals surface area contributed by atoms with E-state index in [1.165, 1.54) is 0 Å². The van der Waals surface area contributed by atoms with Gasteiger partial charge in [-0.1, -0.05) is 18.2 Å². The Morgan fingerprint density at radius 3 is 2.27 bits per heavy atom. The first-order valence-electron chi connectivity index (χ1n) is 4.52. The van der Waals surface area contributed by atoms with Crippen molar-refractivity contribution in [3.63, 3.8) is 0 Å². The van der Waals surface area contributed by atoms with E-state index in [0.29, 0.717) is 0 Å². The lowest BCUT2D eigenvalue weighted by Gasteiger charge is -1.98. The molecule has 0 spiro atoms. The number of pyridine rings is 1. The van der Waals surface area contributed by atoms with Crippen LogP contribution in [0.3, 0.4) is 0 Å². The highest BCUT2D eigenvalue weighted by Crippen LogP contribution is 2.12. The van der Waals surface area contributed by atoms with Crippen LogP contribution < -0.4 is 22.0 Å². The maximum atomic E-state index is 5.22. The Morgan fingerprint density at radius 2 is 1.60 bits per heavy atom. The van der Waals surface area contributed by atoms with Crippen LogP contribution in [-0.4, -0.2) is 7.11 Å². The third kappa shape index (κ3) is 2.48. The van der Waals surface area contributed by atoms with Gasteiger partial charge in [-0.2, -0.15) is 0 Å². The van der Waals surface area contributed by atoms with E-state index in [1.807, 2.05) is 42.6 Å². The molecule has 0 fully saturated rings. The van der Waals surface area contributed by atoms with Crippen LogP contribution in [0.25, 0.3) is 11.3 Å². The predicted molar refractivity (Wildman–Crippen MR) is 54.6 cm³/mol. The van der Waals surface area contributed by atoms with Gasteiger partial charge in [0, 0.05) is 16.9 Å². The van der Waals surface area contributed by atoms with Gasteiger partial charge in [0.25, 0.3) is 5.69 Å². The van der Waals surface area contributed by atoms with Crippen LogP contribution in [0.1, 0.15) is 0 Å². The fraction of sp³-hybridized carbons (Fsp3) is 0.0833. The number of halogens is 1. The van der Waals surface area contributed by atoms with Crippen LogP contribution in [0, 0.1) is 0 Å². The second-order valence-electron chi connectivity index (χ2n) is 2.96. The summed E-state index contributed by atoms with van der Waals surface area (Å²) in [7, 11) is 1.66. The average Bonchev–Trinajstić information content (AvgIpc) is 2.30. The van der Waals surface area contributed by atoms with Crippen LogP contribution >= 0.6 is 0 Å². The Labute approximate surface area is 95.5 Å². The molecule has 0 unspecified atom stereocenters. The Hall–Kier alpha value is -1.54. The number of hydrogen-bond acceptors (Lipinski definition) is 1. The zero-order valence-electron chi connectivity index (χ0n) is 8.43. The van der Waals surface area contributed by atoms with Crippen molar-refractivity contribution in [1.82, 2.24) is 0 Å². The van der Waals surface area contributed by atoms with Gasteiger partial charge in [0.1, 0.15) is 7.11 Å². The minimum atomic E-state index is 0. The summed E-state index contributed by atoms with van der Waals surface area (Å²) in [5.41, 5.74) is 2.20. The minimum Gasteiger partial charge on any atom is -1.00 e. The van der Waals surface area contributed by atoms with Gasteiger partial charge < -0.3 is 12.4 Å². The molecule has 0 aliphatic rings. The van der Waals surface area contributed by atoms with E-state index >= 15 is 0 Å². The molecule has 0 radical (unpaired) electrons. The van der Waals surface area contributed by atoms with Crippen molar-refractivity contribution in [2.75, 3.05) is 7.11 Å². The Kier molecular flexibility index (Phi) is 4.13.